The van der Waals surface area contributed by atoms with Crippen LogP contribution in [0, 0.1) is 5.92 Å². The zero-order valence-electron chi connectivity index (χ0n) is 10.0. The fraction of sp³-hybridized carbons (Fsp3) is 0.667. The maximum Gasteiger partial charge on any atom is 0.358 e. The second kappa shape index (κ2) is 4.14. The number of ether oxygens (including phenoxy) is 1. The molecule has 5 nitrogen and oxygen atoms in total. The number of nitrogens with zero attached hydrogens (tertiary/aromatic N) is 2. The van der Waals surface area contributed by atoms with Crippen molar-refractivity contribution in [1.29, 1.82) is 0 Å². The number of fused-ring (bicyclic) bond motifs is 1. The third-order valence-corrected chi connectivity index (χ3v) is 3.60. The average molecular weight is 235 g/mol. The van der Waals surface area contributed by atoms with Gasteiger partial charge >= 0.3 is 5.97 Å². The Morgan fingerprint density at radius 1 is 1.59 bits per heavy atom. The lowest BCUT2D eigenvalue weighted by atomic mass is 10.1. The summed E-state index contributed by atoms with van der Waals surface area (Å²) in [4.78, 5) is 14.0. The van der Waals surface area contributed by atoms with Crippen molar-refractivity contribution in [3.05, 3.63) is 17.0 Å². The molecule has 2 aliphatic rings. The van der Waals surface area contributed by atoms with Gasteiger partial charge in [0.05, 0.1) is 7.11 Å². The molecule has 1 aromatic heterocycles. The Kier molecular flexibility index (Phi) is 2.63. The van der Waals surface area contributed by atoms with Gasteiger partial charge in [-0.15, -0.1) is 0 Å². The van der Waals surface area contributed by atoms with E-state index in [2.05, 4.69) is 15.1 Å². The number of esters is 1. The van der Waals surface area contributed by atoms with Gasteiger partial charge in [-0.25, -0.2) is 4.79 Å². The van der Waals surface area contributed by atoms with Crippen molar-refractivity contribution in [2.75, 3.05) is 20.2 Å². The summed E-state index contributed by atoms with van der Waals surface area (Å²) in [6, 6.07) is 0. The van der Waals surface area contributed by atoms with Crippen molar-refractivity contribution in [2.45, 2.75) is 25.8 Å². The Hall–Kier alpha value is -1.36. The Labute approximate surface area is 100 Å². The minimum absolute atomic E-state index is 0.337. The molecule has 0 aromatic carbocycles. The molecule has 0 spiro atoms. The topological polar surface area (TPSA) is 58.2 Å². The van der Waals surface area contributed by atoms with Crippen molar-refractivity contribution in [3.8, 4) is 0 Å². The largest absolute Gasteiger partial charge is 0.464 e. The van der Waals surface area contributed by atoms with E-state index in [1.54, 1.807) is 0 Å². The summed E-state index contributed by atoms with van der Waals surface area (Å²) in [6.07, 6.45) is 3.67. The van der Waals surface area contributed by atoms with E-state index in [4.69, 9.17) is 4.74 Å². The Bertz CT molecular complexity index is 437. The van der Waals surface area contributed by atoms with E-state index >= 15 is 0 Å². The molecule has 0 atom stereocenters. The summed E-state index contributed by atoms with van der Waals surface area (Å²) in [6.45, 7) is 3.05. The normalized spacial score (nSPS) is 20.1. The van der Waals surface area contributed by atoms with Gasteiger partial charge in [-0.3, -0.25) is 10.00 Å². The van der Waals surface area contributed by atoms with E-state index in [0.29, 0.717) is 5.69 Å². The molecule has 0 saturated heterocycles. The summed E-state index contributed by atoms with van der Waals surface area (Å²) in [5.74, 6) is 0.542. The van der Waals surface area contributed by atoms with Gasteiger partial charge in [0.25, 0.3) is 0 Å². The molecule has 0 bridgehead atoms. The second-order valence-corrected chi connectivity index (χ2v) is 4.95. The molecule has 5 heteroatoms. The van der Waals surface area contributed by atoms with Crippen LogP contribution in [0.15, 0.2) is 0 Å². The Morgan fingerprint density at radius 3 is 3.12 bits per heavy atom. The first kappa shape index (κ1) is 10.8. The van der Waals surface area contributed by atoms with Crippen molar-refractivity contribution in [1.82, 2.24) is 15.1 Å². The number of nitrogens with one attached hydrogen (secondary N) is 1. The molecule has 17 heavy (non-hydrogen) atoms. The van der Waals surface area contributed by atoms with E-state index < -0.39 is 0 Å². The molecule has 0 amide bonds. The van der Waals surface area contributed by atoms with Gasteiger partial charge in [0, 0.05) is 37.3 Å². The second-order valence-electron chi connectivity index (χ2n) is 4.95. The van der Waals surface area contributed by atoms with E-state index in [0.717, 1.165) is 43.2 Å². The molecule has 1 aromatic rings. The van der Waals surface area contributed by atoms with Crippen LogP contribution in [0.25, 0.3) is 0 Å². The van der Waals surface area contributed by atoms with Crippen molar-refractivity contribution in [2.24, 2.45) is 5.92 Å². The first-order chi connectivity index (χ1) is 8.28. The fourth-order valence-electron chi connectivity index (χ4n) is 2.44. The van der Waals surface area contributed by atoms with Crippen molar-refractivity contribution >= 4 is 5.97 Å². The monoisotopic (exact) mass is 235 g/mol. The predicted molar refractivity (Wildman–Crippen MR) is 61.6 cm³/mol. The minimum atomic E-state index is -0.337. The van der Waals surface area contributed by atoms with Gasteiger partial charge in [-0.2, -0.15) is 5.10 Å². The molecule has 92 valence electrons. The highest BCUT2D eigenvalue weighted by molar-refractivity contribution is 5.89. The number of hydrogen-bond acceptors (Lipinski definition) is 4. The summed E-state index contributed by atoms with van der Waals surface area (Å²) in [7, 11) is 1.40. The molecular weight excluding hydrogens is 218 g/mol. The minimum Gasteiger partial charge on any atom is -0.464 e. The van der Waals surface area contributed by atoms with Crippen LogP contribution >= 0.6 is 0 Å². The SMILES string of the molecule is COC(=O)c1n[nH]c2c1CN(CC1CC1)CC2. The van der Waals surface area contributed by atoms with Gasteiger partial charge in [0.2, 0.25) is 0 Å². The fourth-order valence-corrected chi connectivity index (χ4v) is 2.44. The number of carbonyl (C=O) groups is 1. The number of H-pyrrole nitrogens is 1. The van der Waals surface area contributed by atoms with Crippen LogP contribution in [0.2, 0.25) is 0 Å². The lowest BCUT2D eigenvalue weighted by molar-refractivity contribution is 0.0591. The average Bonchev–Trinajstić information content (AvgIpc) is 3.06. The summed E-state index contributed by atoms with van der Waals surface area (Å²) >= 11 is 0. The summed E-state index contributed by atoms with van der Waals surface area (Å²) in [5.41, 5.74) is 2.59. The van der Waals surface area contributed by atoms with E-state index in [1.807, 2.05) is 0 Å². The van der Waals surface area contributed by atoms with E-state index in [-0.39, 0.29) is 5.97 Å². The highest BCUT2D eigenvalue weighted by Gasteiger charge is 2.29. The molecule has 1 saturated carbocycles. The van der Waals surface area contributed by atoms with Crippen LogP contribution in [-0.4, -0.2) is 41.3 Å². The third-order valence-electron chi connectivity index (χ3n) is 3.60. The molecule has 1 fully saturated rings. The number of methoxy groups -OCH3 is 1. The van der Waals surface area contributed by atoms with Gasteiger partial charge in [-0.05, 0) is 18.8 Å². The Balaban J connectivity index is 1.78. The number of aromatic nitrogens is 2. The zero-order chi connectivity index (χ0) is 11.8. The highest BCUT2D eigenvalue weighted by atomic mass is 16.5. The maximum atomic E-state index is 11.6. The Morgan fingerprint density at radius 2 is 2.41 bits per heavy atom. The van der Waals surface area contributed by atoms with Gasteiger partial charge in [-0.1, -0.05) is 0 Å². The third kappa shape index (κ3) is 2.07. The number of hydrogen-bond donors (Lipinski definition) is 1. The van der Waals surface area contributed by atoms with Gasteiger partial charge in [0.1, 0.15) is 0 Å². The number of carbonyl (C=O) groups excluding carboxylic acids is 1. The van der Waals surface area contributed by atoms with Gasteiger partial charge in [0.15, 0.2) is 5.69 Å². The van der Waals surface area contributed by atoms with Crippen molar-refractivity contribution < 1.29 is 9.53 Å². The molecule has 1 aliphatic heterocycles. The number of aromatic amines is 1. The smallest absolute Gasteiger partial charge is 0.358 e. The van der Waals surface area contributed by atoms with E-state index in [9.17, 15) is 4.79 Å². The quantitative estimate of drug-likeness (QED) is 0.793. The van der Waals surface area contributed by atoms with Crippen LogP contribution < -0.4 is 0 Å². The molecule has 0 radical (unpaired) electrons. The molecule has 1 aliphatic carbocycles. The zero-order valence-corrected chi connectivity index (χ0v) is 10.0. The van der Waals surface area contributed by atoms with Crippen LogP contribution in [0.1, 0.15) is 34.6 Å². The molecule has 1 N–H and O–H groups in total. The van der Waals surface area contributed by atoms with Crippen LogP contribution in [0.3, 0.4) is 0 Å². The number of rotatable bonds is 3. The summed E-state index contributed by atoms with van der Waals surface area (Å²) in [5, 5.41) is 7.03. The maximum absolute atomic E-state index is 11.6. The van der Waals surface area contributed by atoms with Crippen LogP contribution in [0.4, 0.5) is 0 Å². The molecule has 3 rings (SSSR count). The molecule has 2 heterocycles. The molecular formula is C12H17N3O2. The lowest BCUT2D eigenvalue weighted by Crippen LogP contribution is -2.32. The molecule has 0 unspecified atom stereocenters. The summed E-state index contributed by atoms with van der Waals surface area (Å²) < 4.78 is 4.75. The predicted octanol–water partition coefficient (Wildman–Crippen LogP) is 0.964. The van der Waals surface area contributed by atoms with Crippen molar-refractivity contribution in [3.63, 3.8) is 0 Å². The van der Waals surface area contributed by atoms with Crippen LogP contribution in [0.5, 0.6) is 0 Å². The van der Waals surface area contributed by atoms with E-state index in [1.165, 1.54) is 20.0 Å². The lowest BCUT2D eigenvalue weighted by Gasteiger charge is -2.26. The first-order valence-electron chi connectivity index (χ1n) is 6.14. The standard InChI is InChI=1S/C12H17N3O2/c1-17-12(16)11-9-7-15(6-8-2-3-8)5-4-10(9)13-14-11/h8H,2-7H2,1H3,(H,13,14). The first-order valence-corrected chi connectivity index (χ1v) is 6.14. The van der Waals surface area contributed by atoms with Gasteiger partial charge < -0.3 is 4.74 Å². The van der Waals surface area contributed by atoms with Crippen LogP contribution in [-0.2, 0) is 17.7 Å². The highest BCUT2D eigenvalue weighted by Crippen LogP contribution is 2.31.